The highest BCUT2D eigenvalue weighted by molar-refractivity contribution is 5.70. The number of unbranched alkanes of at least 4 members (excludes halogenated alkanes) is 24. The molecule has 0 fully saturated rings. The summed E-state index contributed by atoms with van der Waals surface area (Å²) >= 11 is 0. The topological polar surface area (TPSA) is 72.8 Å². The molecule has 0 rings (SSSR count). The highest BCUT2D eigenvalue weighted by atomic mass is 16.6. The maximum Gasteiger partial charge on any atom is 0.306 e. The molecular weight excluding hydrogens is 933 g/mol. The Morgan fingerprint density at radius 2 is 0.566 bits per heavy atom. The first-order chi connectivity index (χ1) is 37.6. The van der Waals surface area contributed by atoms with Gasteiger partial charge in [-0.2, -0.15) is 0 Å². The minimum atomic E-state index is -0.802. The van der Waals surface area contributed by atoms with Crippen molar-refractivity contribution in [2.75, 3.05) is 13.2 Å². The zero-order valence-corrected chi connectivity index (χ0v) is 49.2. The number of hydrogen-bond donors (Lipinski definition) is 1. The molecule has 0 bridgehead atoms. The predicted octanol–water partition coefficient (Wildman–Crippen LogP) is 21.8. The summed E-state index contributed by atoms with van der Waals surface area (Å²) in [5, 5.41) is 9.67. The van der Waals surface area contributed by atoms with Crippen molar-refractivity contribution >= 4 is 11.9 Å². The second-order valence-corrected chi connectivity index (χ2v) is 20.4. The Hall–Kier alpha value is -4.22. The normalized spacial score (nSPS) is 13.2. The molecule has 0 aromatic rings. The number of ether oxygens (including phenoxy) is 2. The van der Waals surface area contributed by atoms with E-state index in [0.717, 1.165) is 116 Å². The Morgan fingerprint density at radius 3 is 0.868 bits per heavy atom. The van der Waals surface area contributed by atoms with E-state index in [-0.39, 0.29) is 25.2 Å². The van der Waals surface area contributed by atoms with Crippen molar-refractivity contribution in [3.8, 4) is 0 Å². The Kier molecular flexibility index (Phi) is 61.5. The number of hydrogen-bond acceptors (Lipinski definition) is 5. The molecule has 76 heavy (non-hydrogen) atoms. The van der Waals surface area contributed by atoms with Crippen molar-refractivity contribution in [2.45, 2.75) is 277 Å². The van der Waals surface area contributed by atoms with E-state index in [1.807, 2.05) is 0 Å². The number of aliphatic hydroxyl groups is 1. The number of carbonyl (C=O) groups excluding carboxylic acids is 2. The lowest BCUT2D eigenvalue weighted by atomic mass is 10.0. The minimum Gasteiger partial charge on any atom is -0.462 e. The minimum absolute atomic E-state index is 0.0876. The van der Waals surface area contributed by atoms with Crippen LogP contribution in [0.15, 0.2) is 146 Å². The van der Waals surface area contributed by atoms with Gasteiger partial charge in [0.25, 0.3) is 0 Å². The third-order valence-electron chi connectivity index (χ3n) is 13.1. The van der Waals surface area contributed by atoms with Crippen LogP contribution >= 0.6 is 0 Å². The van der Waals surface area contributed by atoms with Gasteiger partial charge in [0.1, 0.15) is 6.61 Å². The van der Waals surface area contributed by atoms with Crippen molar-refractivity contribution in [1.82, 2.24) is 0 Å². The van der Waals surface area contributed by atoms with Gasteiger partial charge in [-0.3, -0.25) is 9.59 Å². The Bertz CT molecular complexity index is 1610. The summed E-state index contributed by atoms with van der Waals surface area (Å²) in [4.78, 5) is 24.6. The Balaban J connectivity index is 3.59. The summed E-state index contributed by atoms with van der Waals surface area (Å²) < 4.78 is 10.7. The highest BCUT2D eigenvalue weighted by Gasteiger charge is 2.16. The zero-order valence-electron chi connectivity index (χ0n) is 49.2. The van der Waals surface area contributed by atoms with E-state index in [0.29, 0.717) is 12.8 Å². The zero-order chi connectivity index (χ0) is 54.8. The number of aliphatic hydroxyl groups excluding tert-OH is 1. The number of carbonyl (C=O) groups is 2. The second-order valence-electron chi connectivity index (χ2n) is 20.4. The maximum absolute atomic E-state index is 12.3. The van der Waals surface area contributed by atoms with Crippen LogP contribution in [0.3, 0.4) is 0 Å². The Labute approximate surface area is 469 Å². The number of esters is 2. The summed E-state index contributed by atoms with van der Waals surface area (Å²) in [6.45, 7) is 3.99. The van der Waals surface area contributed by atoms with Gasteiger partial charge in [-0.05, 0) is 122 Å². The summed E-state index contributed by atoms with van der Waals surface area (Å²) in [5.74, 6) is -0.633. The van der Waals surface area contributed by atoms with E-state index in [2.05, 4.69) is 160 Å². The molecule has 1 unspecified atom stereocenters. The van der Waals surface area contributed by atoms with Crippen LogP contribution in [-0.2, 0) is 19.1 Å². The van der Waals surface area contributed by atoms with Crippen LogP contribution in [0.5, 0.6) is 0 Å². The lowest BCUT2D eigenvalue weighted by Crippen LogP contribution is -2.28. The molecule has 0 amide bonds. The molecular formula is C71H116O5. The molecule has 0 aliphatic rings. The monoisotopic (exact) mass is 1050 g/mol. The third-order valence-corrected chi connectivity index (χ3v) is 13.1. The molecule has 0 radical (unpaired) electrons. The van der Waals surface area contributed by atoms with Crippen molar-refractivity contribution in [3.63, 3.8) is 0 Å². The first kappa shape index (κ1) is 71.8. The molecule has 1 atom stereocenters. The van der Waals surface area contributed by atoms with Crippen LogP contribution in [0.1, 0.15) is 271 Å². The molecule has 0 aromatic carbocycles. The van der Waals surface area contributed by atoms with E-state index in [1.54, 1.807) is 0 Å². The fraction of sp³-hybridized carbons (Fsp3) is 0.634. The number of rotatable bonds is 56. The van der Waals surface area contributed by atoms with E-state index in [1.165, 1.54) is 128 Å². The highest BCUT2D eigenvalue weighted by Crippen LogP contribution is 2.15. The largest absolute Gasteiger partial charge is 0.462 e. The summed E-state index contributed by atoms with van der Waals surface area (Å²) in [6, 6.07) is 0. The Morgan fingerprint density at radius 1 is 0.316 bits per heavy atom. The standard InChI is InChI=1S/C71H116O5/c1-3-5-7-9-11-13-15-17-19-21-23-25-27-29-31-33-35-37-39-41-43-45-47-49-51-53-55-57-59-61-63-65-70(73)75-68-69(67-72)76-71(74)66-64-62-60-58-56-54-52-50-48-46-44-42-40-38-36-34-32-30-28-26-24-22-20-18-16-14-12-10-8-6-4-2/h6,8,12,14-15,17-18,20-21,23-24,26-27,29-30,32,36,38,42,44,48,50,54,56,69,72H,3-5,7,9-11,13,16,19,22,25,28,31,33-35,37,39-41,43,45-47,49,51-53,55,57-68H2,1-2H3/b8-6-,14-12-,17-15-,20-18-,23-21-,26-24-,29-27-,32-30-,38-36-,44-42-,50-48-,56-54-. The van der Waals surface area contributed by atoms with Gasteiger partial charge in [-0.15, -0.1) is 0 Å². The van der Waals surface area contributed by atoms with Crippen LogP contribution in [0, 0.1) is 0 Å². The molecule has 0 aliphatic heterocycles. The molecule has 0 saturated heterocycles. The first-order valence-corrected chi connectivity index (χ1v) is 31.4. The van der Waals surface area contributed by atoms with Crippen molar-refractivity contribution < 1.29 is 24.2 Å². The average Bonchev–Trinajstić information content (AvgIpc) is 3.42. The molecule has 5 heteroatoms. The summed E-state index contributed by atoms with van der Waals surface area (Å²) in [7, 11) is 0. The molecule has 0 saturated carbocycles. The fourth-order valence-electron chi connectivity index (χ4n) is 8.44. The van der Waals surface area contributed by atoms with Gasteiger partial charge in [0.05, 0.1) is 6.61 Å². The van der Waals surface area contributed by atoms with Crippen LogP contribution in [0.4, 0.5) is 0 Å². The van der Waals surface area contributed by atoms with Crippen molar-refractivity contribution in [3.05, 3.63) is 146 Å². The van der Waals surface area contributed by atoms with Gasteiger partial charge >= 0.3 is 11.9 Å². The quantitative estimate of drug-likeness (QED) is 0.0373. The van der Waals surface area contributed by atoms with Gasteiger partial charge < -0.3 is 14.6 Å². The molecule has 430 valence electrons. The lowest BCUT2D eigenvalue weighted by molar-refractivity contribution is -0.161. The average molecular weight is 1050 g/mol. The second kappa shape index (κ2) is 65.1. The number of allylic oxidation sites excluding steroid dienone is 24. The molecule has 1 N–H and O–H groups in total. The molecule has 5 nitrogen and oxygen atoms in total. The molecule has 0 aliphatic carbocycles. The van der Waals surface area contributed by atoms with E-state index >= 15 is 0 Å². The van der Waals surface area contributed by atoms with E-state index in [9.17, 15) is 14.7 Å². The smallest absolute Gasteiger partial charge is 0.306 e. The summed E-state index contributed by atoms with van der Waals surface area (Å²) in [5.41, 5.74) is 0. The van der Waals surface area contributed by atoms with Crippen LogP contribution in [0.25, 0.3) is 0 Å². The van der Waals surface area contributed by atoms with Gasteiger partial charge in [0.2, 0.25) is 0 Å². The van der Waals surface area contributed by atoms with Crippen molar-refractivity contribution in [2.24, 2.45) is 0 Å². The predicted molar refractivity (Wildman–Crippen MR) is 334 cm³/mol. The van der Waals surface area contributed by atoms with Crippen molar-refractivity contribution in [1.29, 1.82) is 0 Å². The SMILES string of the molecule is CC/C=C\C/C=C\C/C=C\C/C=C\C/C=C\C/C=C\C/C=C\C/C=C\C/C=C\CCCCCC(=O)OC(CO)COC(=O)CCCCCCCCCCCCCCCCCC/C=C\C/C=C\C/C=C\CCCCCCC. The van der Waals surface area contributed by atoms with Gasteiger partial charge in [0.15, 0.2) is 6.10 Å². The van der Waals surface area contributed by atoms with Gasteiger partial charge in [0, 0.05) is 12.8 Å². The summed E-state index contributed by atoms with van der Waals surface area (Å²) in [6.07, 6.45) is 98.3. The molecule has 0 spiro atoms. The van der Waals surface area contributed by atoms with Crippen LogP contribution < -0.4 is 0 Å². The van der Waals surface area contributed by atoms with Crippen LogP contribution in [0.2, 0.25) is 0 Å². The van der Waals surface area contributed by atoms with E-state index < -0.39 is 6.10 Å². The molecule has 0 heterocycles. The fourth-order valence-corrected chi connectivity index (χ4v) is 8.44. The molecule has 0 aromatic heterocycles. The maximum atomic E-state index is 12.3. The van der Waals surface area contributed by atoms with Gasteiger partial charge in [-0.1, -0.05) is 282 Å². The van der Waals surface area contributed by atoms with E-state index in [4.69, 9.17) is 9.47 Å². The van der Waals surface area contributed by atoms with Crippen LogP contribution in [-0.4, -0.2) is 36.4 Å². The first-order valence-electron chi connectivity index (χ1n) is 31.4. The third kappa shape index (κ3) is 62.3. The lowest BCUT2D eigenvalue weighted by Gasteiger charge is -2.15. The van der Waals surface area contributed by atoms with Gasteiger partial charge in [-0.25, -0.2) is 0 Å².